The summed E-state index contributed by atoms with van der Waals surface area (Å²) in [6.07, 6.45) is -3.10. The van der Waals surface area contributed by atoms with E-state index in [0.29, 0.717) is 17.3 Å². The van der Waals surface area contributed by atoms with Crippen LogP contribution in [0.1, 0.15) is 5.56 Å². The van der Waals surface area contributed by atoms with E-state index in [-0.39, 0.29) is 4.47 Å². The van der Waals surface area contributed by atoms with Gasteiger partial charge in [-0.15, -0.1) is 0 Å². The summed E-state index contributed by atoms with van der Waals surface area (Å²) in [7, 11) is 1.69. The lowest BCUT2D eigenvalue weighted by Crippen LogP contribution is -2.07. The molecule has 0 aliphatic rings. The fraction of sp³-hybridized carbons (Fsp3) is 0.167. The molecule has 0 spiro atoms. The zero-order valence-corrected chi connectivity index (χ0v) is 11.9. The maximum Gasteiger partial charge on any atom is 0.417 e. The number of alkyl halides is 3. The molecule has 2 N–H and O–H groups in total. The molecular weight excluding hydrogens is 337 g/mol. The Morgan fingerprint density at radius 3 is 2.45 bits per heavy atom. The highest BCUT2D eigenvalue weighted by Gasteiger charge is 2.33. The molecule has 0 unspecified atom stereocenters. The van der Waals surface area contributed by atoms with Crippen molar-refractivity contribution < 1.29 is 13.2 Å². The van der Waals surface area contributed by atoms with Gasteiger partial charge >= 0.3 is 6.18 Å². The lowest BCUT2D eigenvalue weighted by atomic mass is 10.2. The number of rotatable bonds is 3. The number of nitrogens with zero attached hydrogens (tertiary/aromatic N) is 2. The number of hydrogen-bond donors (Lipinski definition) is 2. The SMILES string of the molecule is CNc1cc(Nc2ccc(Br)c(C(F)(F)F)c2)ncn1. The van der Waals surface area contributed by atoms with Gasteiger partial charge in [-0.25, -0.2) is 9.97 Å². The number of anilines is 3. The summed E-state index contributed by atoms with van der Waals surface area (Å²) < 4.78 is 38.4. The Kier molecular flexibility index (Phi) is 4.12. The van der Waals surface area contributed by atoms with Crippen LogP contribution in [-0.2, 0) is 6.18 Å². The zero-order chi connectivity index (χ0) is 14.8. The molecule has 8 heteroatoms. The van der Waals surface area contributed by atoms with Crippen molar-refractivity contribution in [2.45, 2.75) is 6.18 Å². The molecular formula is C12H10BrF3N4. The molecule has 0 fully saturated rings. The lowest BCUT2D eigenvalue weighted by Gasteiger charge is -2.12. The van der Waals surface area contributed by atoms with Crippen molar-refractivity contribution >= 4 is 33.3 Å². The van der Waals surface area contributed by atoms with Gasteiger partial charge in [0, 0.05) is 23.3 Å². The van der Waals surface area contributed by atoms with E-state index in [2.05, 4.69) is 36.5 Å². The lowest BCUT2D eigenvalue weighted by molar-refractivity contribution is -0.138. The van der Waals surface area contributed by atoms with Crippen LogP contribution in [0.15, 0.2) is 35.1 Å². The fourth-order valence-corrected chi connectivity index (χ4v) is 2.00. The number of hydrogen-bond acceptors (Lipinski definition) is 4. The smallest absolute Gasteiger partial charge is 0.373 e. The summed E-state index contributed by atoms with van der Waals surface area (Å²) in [5.41, 5.74) is -0.452. The van der Waals surface area contributed by atoms with Crippen molar-refractivity contribution in [1.82, 2.24) is 9.97 Å². The highest BCUT2D eigenvalue weighted by molar-refractivity contribution is 9.10. The molecule has 0 atom stereocenters. The predicted molar refractivity (Wildman–Crippen MR) is 74.0 cm³/mol. The van der Waals surface area contributed by atoms with Crippen LogP contribution in [0.2, 0.25) is 0 Å². The number of nitrogens with one attached hydrogen (secondary N) is 2. The van der Waals surface area contributed by atoms with E-state index in [9.17, 15) is 13.2 Å². The molecule has 4 nitrogen and oxygen atoms in total. The van der Waals surface area contributed by atoms with Gasteiger partial charge in [-0.05, 0) is 18.2 Å². The van der Waals surface area contributed by atoms with Gasteiger partial charge in [-0.2, -0.15) is 13.2 Å². The van der Waals surface area contributed by atoms with Crippen LogP contribution >= 0.6 is 15.9 Å². The Bertz CT molecular complexity index is 616. The molecule has 0 aliphatic heterocycles. The number of halogens is 4. The first-order valence-electron chi connectivity index (χ1n) is 5.53. The molecule has 2 rings (SSSR count). The molecule has 0 radical (unpaired) electrons. The number of aromatic nitrogens is 2. The summed E-state index contributed by atoms with van der Waals surface area (Å²) in [5, 5.41) is 5.63. The van der Waals surface area contributed by atoms with Crippen molar-refractivity contribution in [2.75, 3.05) is 17.7 Å². The van der Waals surface area contributed by atoms with Gasteiger partial charge in [0.1, 0.15) is 18.0 Å². The molecule has 1 heterocycles. The summed E-state index contributed by atoms with van der Waals surface area (Å²) in [6, 6.07) is 5.48. The molecule has 20 heavy (non-hydrogen) atoms. The molecule has 106 valence electrons. The highest BCUT2D eigenvalue weighted by Crippen LogP contribution is 2.36. The summed E-state index contributed by atoms with van der Waals surface area (Å²) in [6.45, 7) is 0. The minimum absolute atomic E-state index is 0.00542. The van der Waals surface area contributed by atoms with Gasteiger partial charge in [0.2, 0.25) is 0 Å². The Labute approximate surface area is 121 Å². The molecule has 0 aliphatic carbocycles. The maximum absolute atomic E-state index is 12.8. The quantitative estimate of drug-likeness (QED) is 0.880. The molecule has 0 saturated heterocycles. The largest absolute Gasteiger partial charge is 0.417 e. The second kappa shape index (κ2) is 5.66. The van der Waals surface area contributed by atoms with Crippen LogP contribution in [0.5, 0.6) is 0 Å². The third-order valence-corrected chi connectivity index (χ3v) is 3.16. The Morgan fingerprint density at radius 1 is 1.10 bits per heavy atom. The minimum atomic E-state index is -4.42. The second-order valence-electron chi connectivity index (χ2n) is 3.86. The van der Waals surface area contributed by atoms with E-state index in [1.165, 1.54) is 18.5 Å². The predicted octanol–water partition coefficient (Wildman–Crippen LogP) is 4.04. The summed E-state index contributed by atoms with van der Waals surface area (Å²) >= 11 is 2.89. The first-order chi connectivity index (χ1) is 9.40. The second-order valence-corrected chi connectivity index (χ2v) is 4.71. The van der Waals surface area contributed by atoms with E-state index in [1.807, 2.05) is 0 Å². The summed E-state index contributed by atoms with van der Waals surface area (Å²) in [4.78, 5) is 7.86. The van der Waals surface area contributed by atoms with Crippen LogP contribution in [0.25, 0.3) is 0 Å². The summed E-state index contributed by atoms with van der Waals surface area (Å²) in [5.74, 6) is 0.968. The van der Waals surface area contributed by atoms with Crippen molar-refractivity contribution in [1.29, 1.82) is 0 Å². The minimum Gasteiger partial charge on any atom is -0.373 e. The van der Waals surface area contributed by atoms with Gasteiger partial charge in [-0.1, -0.05) is 15.9 Å². The molecule has 2 aromatic rings. The third kappa shape index (κ3) is 3.38. The molecule has 1 aromatic carbocycles. The third-order valence-electron chi connectivity index (χ3n) is 2.47. The van der Waals surface area contributed by atoms with Crippen LogP contribution in [-0.4, -0.2) is 17.0 Å². The Hall–Kier alpha value is -1.83. The zero-order valence-electron chi connectivity index (χ0n) is 10.3. The van der Waals surface area contributed by atoms with E-state index >= 15 is 0 Å². The van der Waals surface area contributed by atoms with E-state index < -0.39 is 11.7 Å². The molecule has 1 aromatic heterocycles. The van der Waals surface area contributed by atoms with Gasteiger partial charge in [0.05, 0.1) is 5.56 Å². The fourth-order valence-electron chi connectivity index (χ4n) is 1.53. The standard InChI is InChI=1S/C12H10BrF3N4/c1-17-10-5-11(19-6-18-10)20-7-2-3-9(13)8(4-7)12(14,15)16/h2-6H,1H3,(H2,17,18,19,20). The van der Waals surface area contributed by atoms with Gasteiger partial charge in [0.15, 0.2) is 0 Å². The monoisotopic (exact) mass is 346 g/mol. The van der Waals surface area contributed by atoms with Crippen molar-refractivity contribution in [3.05, 3.63) is 40.6 Å². The van der Waals surface area contributed by atoms with E-state index in [0.717, 1.165) is 6.07 Å². The molecule has 0 saturated carbocycles. The average molecular weight is 347 g/mol. The molecule has 0 bridgehead atoms. The van der Waals surface area contributed by atoms with Gasteiger partial charge < -0.3 is 10.6 Å². The van der Waals surface area contributed by atoms with Crippen LogP contribution in [0.3, 0.4) is 0 Å². The topological polar surface area (TPSA) is 49.8 Å². The normalized spacial score (nSPS) is 11.2. The van der Waals surface area contributed by atoms with Crippen LogP contribution in [0, 0.1) is 0 Å². The van der Waals surface area contributed by atoms with Crippen molar-refractivity contribution in [3.8, 4) is 0 Å². The highest BCUT2D eigenvalue weighted by atomic mass is 79.9. The van der Waals surface area contributed by atoms with E-state index in [4.69, 9.17) is 0 Å². The first kappa shape index (κ1) is 14.6. The Morgan fingerprint density at radius 2 is 1.80 bits per heavy atom. The van der Waals surface area contributed by atoms with Gasteiger partial charge in [-0.3, -0.25) is 0 Å². The van der Waals surface area contributed by atoms with Crippen molar-refractivity contribution in [2.24, 2.45) is 0 Å². The van der Waals surface area contributed by atoms with Crippen LogP contribution in [0.4, 0.5) is 30.5 Å². The van der Waals surface area contributed by atoms with Crippen LogP contribution < -0.4 is 10.6 Å². The van der Waals surface area contributed by atoms with Gasteiger partial charge in [0.25, 0.3) is 0 Å². The van der Waals surface area contributed by atoms with E-state index in [1.54, 1.807) is 13.1 Å². The number of benzene rings is 1. The Balaban J connectivity index is 2.30. The maximum atomic E-state index is 12.8. The van der Waals surface area contributed by atoms with Crippen molar-refractivity contribution in [3.63, 3.8) is 0 Å². The average Bonchev–Trinajstić information content (AvgIpc) is 2.40. The first-order valence-corrected chi connectivity index (χ1v) is 6.33. The molecule has 0 amide bonds.